The normalized spacial score (nSPS) is 13.6. The van der Waals surface area contributed by atoms with Gasteiger partial charge in [0.25, 0.3) is 0 Å². The quantitative estimate of drug-likeness (QED) is 0.387. The number of methoxy groups -OCH3 is 1. The van der Waals surface area contributed by atoms with Crippen LogP contribution in [0.25, 0.3) is 0 Å². The first-order chi connectivity index (χ1) is 8.48. The Kier molecular flexibility index (Phi) is 7.82. The molecule has 5 nitrogen and oxygen atoms in total. The molecule has 0 rings (SSSR count). The van der Waals surface area contributed by atoms with Gasteiger partial charge in [0.2, 0.25) is 0 Å². The molecule has 0 amide bonds. The molecule has 1 atom stereocenters. The van der Waals surface area contributed by atoms with Crippen LogP contribution in [0.3, 0.4) is 0 Å². The maximum Gasteiger partial charge on any atom is 0.319 e. The number of hydrogen-bond acceptors (Lipinski definition) is 5. The third kappa shape index (κ3) is 4.08. The summed E-state index contributed by atoms with van der Waals surface area (Å²) in [5.74, 6) is -1.28. The lowest BCUT2D eigenvalue weighted by Crippen LogP contribution is -2.41. The van der Waals surface area contributed by atoms with Crippen molar-refractivity contribution >= 4 is 33.7 Å². The van der Waals surface area contributed by atoms with Gasteiger partial charge in [0, 0.05) is 6.42 Å². The van der Waals surface area contributed by atoms with Crippen molar-refractivity contribution in [2.75, 3.05) is 19.0 Å². The summed E-state index contributed by atoms with van der Waals surface area (Å²) in [4.78, 5) is 35.1. The smallest absolute Gasteiger partial charge is 0.319 e. The number of carbonyl (C=O) groups excluding carboxylic acids is 3. The Balaban J connectivity index is 5.04. The van der Waals surface area contributed by atoms with Crippen molar-refractivity contribution in [2.45, 2.75) is 33.1 Å². The van der Waals surface area contributed by atoms with E-state index in [1.54, 1.807) is 13.8 Å². The molecule has 0 saturated carbocycles. The molecule has 1 unspecified atom stereocenters. The van der Waals surface area contributed by atoms with Gasteiger partial charge in [-0.05, 0) is 19.8 Å². The Bertz CT molecular complexity index is 316. The van der Waals surface area contributed by atoms with Crippen LogP contribution in [0, 0.1) is 5.41 Å². The van der Waals surface area contributed by atoms with E-state index in [2.05, 4.69) is 20.7 Å². The highest BCUT2D eigenvalue weighted by Gasteiger charge is 2.44. The molecule has 0 spiro atoms. The molecular weight excluding hydrogens is 304 g/mol. The van der Waals surface area contributed by atoms with Gasteiger partial charge in [-0.25, -0.2) is 0 Å². The monoisotopic (exact) mass is 322 g/mol. The molecule has 0 aliphatic rings. The fourth-order valence-electron chi connectivity index (χ4n) is 1.69. The van der Waals surface area contributed by atoms with Crippen LogP contribution in [-0.2, 0) is 23.9 Å². The van der Waals surface area contributed by atoms with E-state index in [4.69, 9.17) is 4.74 Å². The zero-order valence-electron chi connectivity index (χ0n) is 11.0. The second-order valence-corrected chi connectivity index (χ2v) is 4.35. The van der Waals surface area contributed by atoms with Crippen LogP contribution in [0.5, 0.6) is 0 Å². The summed E-state index contributed by atoms with van der Waals surface area (Å²) in [6, 6.07) is 0. The number of carbonyl (C=O) groups is 3. The lowest BCUT2D eigenvalue weighted by Gasteiger charge is -2.27. The van der Waals surface area contributed by atoms with Gasteiger partial charge < -0.3 is 9.47 Å². The lowest BCUT2D eigenvalue weighted by molar-refractivity contribution is -0.161. The van der Waals surface area contributed by atoms with Crippen LogP contribution in [0.1, 0.15) is 33.1 Å². The Morgan fingerprint density at radius 3 is 2.22 bits per heavy atom. The maximum atomic E-state index is 12.0. The van der Waals surface area contributed by atoms with Gasteiger partial charge in [0.1, 0.15) is 5.41 Å². The molecule has 18 heavy (non-hydrogen) atoms. The number of ether oxygens (including phenoxy) is 2. The van der Waals surface area contributed by atoms with Crippen molar-refractivity contribution < 1.29 is 23.9 Å². The number of esters is 2. The molecule has 0 bridgehead atoms. The van der Waals surface area contributed by atoms with Gasteiger partial charge in [0.05, 0.1) is 19.0 Å². The van der Waals surface area contributed by atoms with Crippen LogP contribution < -0.4 is 0 Å². The second-order valence-electron chi connectivity index (χ2n) is 3.79. The van der Waals surface area contributed by atoms with Crippen molar-refractivity contribution in [1.82, 2.24) is 0 Å². The highest BCUT2D eigenvalue weighted by molar-refractivity contribution is 9.09. The number of Topliss-reactive ketones (excluding diaryl/α,β-unsaturated/α-hetero) is 1. The Labute approximate surface area is 115 Å². The van der Waals surface area contributed by atoms with E-state index < -0.39 is 17.4 Å². The number of halogens is 1. The highest BCUT2D eigenvalue weighted by atomic mass is 79.9. The van der Waals surface area contributed by atoms with E-state index >= 15 is 0 Å². The van der Waals surface area contributed by atoms with Crippen LogP contribution in [0.4, 0.5) is 0 Å². The van der Waals surface area contributed by atoms with Crippen molar-refractivity contribution in [1.29, 1.82) is 0 Å². The Morgan fingerprint density at radius 2 is 1.83 bits per heavy atom. The summed E-state index contributed by atoms with van der Waals surface area (Å²) < 4.78 is 9.48. The first kappa shape index (κ1) is 17.1. The van der Waals surface area contributed by atoms with Crippen LogP contribution in [0.2, 0.25) is 0 Å². The van der Waals surface area contributed by atoms with E-state index in [1.807, 2.05) is 0 Å². The fourth-order valence-corrected chi connectivity index (χ4v) is 2.22. The number of alkyl halides is 1. The third-order valence-electron chi connectivity index (χ3n) is 2.91. The van der Waals surface area contributed by atoms with Crippen molar-refractivity contribution in [2.24, 2.45) is 5.41 Å². The summed E-state index contributed by atoms with van der Waals surface area (Å²) in [5.41, 5.74) is -1.26. The van der Waals surface area contributed by atoms with E-state index in [1.165, 1.54) is 7.11 Å². The summed E-state index contributed by atoms with van der Waals surface area (Å²) in [5, 5.41) is 0.0564. The zero-order valence-corrected chi connectivity index (χ0v) is 12.5. The molecule has 104 valence electrons. The summed E-state index contributed by atoms with van der Waals surface area (Å²) in [7, 11) is 1.27. The van der Waals surface area contributed by atoms with Gasteiger partial charge in [-0.15, -0.1) is 0 Å². The predicted molar refractivity (Wildman–Crippen MR) is 69.4 cm³/mol. The van der Waals surface area contributed by atoms with Gasteiger partial charge >= 0.3 is 11.9 Å². The van der Waals surface area contributed by atoms with Crippen molar-refractivity contribution in [3.05, 3.63) is 0 Å². The number of rotatable bonds is 8. The van der Waals surface area contributed by atoms with Gasteiger partial charge in [-0.1, -0.05) is 22.9 Å². The SMILES string of the molecule is CCOC(=O)C(CC)(CCC(=O)OC)C(=O)CBr. The van der Waals surface area contributed by atoms with Crippen LogP contribution >= 0.6 is 15.9 Å². The lowest BCUT2D eigenvalue weighted by atomic mass is 9.77. The summed E-state index contributed by atoms with van der Waals surface area (Å²) in [6.45, 7) is 3.61. The average Bonchev–Trinajstić information content (AvgIpc) is 2.39. The minimum Gasteiger partial charge on any atom is -0.469 e. The zero-order chi connectivity index (χ0) is 14.2. The predicted octanol–water partition coefficient (Wildman–Crippen LogP) is 1.86. The molecular formula is C12H19BrO5. The number of hydrogen-bond donors (Lipinski definition) is 0. The van der Waals surface area contributed by atoms with Crippen LogP contribution in [0.15, 0.2) is 0 Å². The average molecular weight is 323 g/mol. The molecule has 0 heterocycles. The van der Waals surface area contributed by atoms with E-state index in [9.17, 15) is 14.4 Å². The third-order valence-corrected chi connectivity index (χ3v) is 3.42. The highest BCUT2D eigenvalue weighted by Crippen LogP contribution is 2.32. The standard InChI is InChI=1S/C12H19BrO5/c1-4-12(9(14)8-13,11(16)18-5-2)7-6-10(15)17-3/h4-8H2,1-3H3. The van der Waals surface area contributed by atoms with Gasteiger partial charge in [0.15, 0.2) is 5.78 Å². The molecule has 0 radical (unpaired) electrons. The van der Waals surface area contributed by atoms with Gasteiger partial charge in [-0.2, -0.15) is 0 Å². The maximum absolute atomic E-state index is 12.0. The molecule has 0 aromatic rings. The molecule has 0 fully saturated rings. The van der Waals surface area contributed by atoms with Gasteiger partial charge in [-0.3, -0.25) is 14.4 Å². The van der Waals surface area contributed by atoms with Crippen molar-refractivity contribution in [3.63, 3.8) is 0 Å². The molecule has 0 aromatic carbocycles. The first-order valence-electron chi connectivity index (χ1n) is 5.81. The van der Waals surface area contributed by atoms with Crippen LogP contribution in [-0.4, -0.2) is 36.8 Å². The molecule has 0 aromatic heterocycles. The van der Waals surface area contributed by atoms with E-state index in [-0.39, 0.29) is 30.6 Å². The second kappa shape index (κ2) is 8.24. The largest absolute Gasteiger partial charge is 0.469 e. The Hall–Kier alpha value is -0.910. The molecule has 0 saturated heterocycles. The van der Waals surface area contributed by atoms with E-state index in [0.717, 1.165) is 0 Å². The topological polar surface area (TPSA) is 69.7 Å². The molecule has 0 N–H and O–H groups in total. The first-order valence-corrected chi connectivity index (χ1v) is 6.93. The molecule has 0 aliphatic carbocycles. The summed E-state index contributed by atoms with van der Waals surface area (Å²) >= 11 is 3.06. The molecule has 0 aliphatic heterocycles. The van der Waals surface area contributed by atoms with Crippen molar-refractivity contribution in [3.8, 4) is 0 Å². The van der Waals surface area contributed by atoms with E-state index in [0.29, 0.717) is 6.42 Å². The fraction of sp³-hybridized carbons (Fsp3) is 0.750. The minimum atomic E-state index is -1.26. The number of ketones is 1. The Morgan fingerprint density at radius 1 is 1.22 bits per heavy atom. The molecule has 6 heteroatoms. The summed E-state index contributed by atoms with van der Waals surface area (Å²) in [6.07, 6.45) is 0.425. The minimum absolute atomic E-state index is 0.0158.